The Hall–Kier alpha value is -1.58. The normalized spacial score (nSPS) is 21.2. The van der Waals surface area contributed by atoms with Crippen molar-refractivity contribution in [1.82, 2.24) is 9.97 Å². The standard InChI is InChI=1S/C11H15F3N4O2S/c1-2-15-10-17-8(11(12,13)14)5-9(18-10)16-7-3-4-21(19,20)6-7/h5,7H,2-4,6H2,1H3,(H2,15,16,17,18). The summed E-state index contributed by atoms with van der Waals surface area (Å²) in [5.74, 6) is -0.248. The minimum atomic E-state index is -4.59. The molecule has 21 heavy (non-hydrogen) atoms. The van der Waals surface area contributed by atoms with Crippen LogP contribution >= 0.6 is 0 Å². The number of anilines is 2. The van der Waals surface area contributed by atoms with Gasteiger partial charge in [0.1, 0.15) is 5.82 Å². The maximum Gasteiger partial charge on any atom is 0.433 e. The zero-order valence-corrected chi connectivity index (χ0v) is 12.1. The van der Waals surface area contributed by atoms with Gasteiger partial charge in [-0.1, -0.05) is 0 Å². The molecule has 0 aliphatic carbocycles. The molecule has 0 bridgehead atoms. The van der Waals surface area contributed by atoms with Gasteiger partial charge in [0.2, 0.25) is 5.95 Å². The van der Waals surface area contributed by atoms with E-state index in [0.29, 0.717) is 13.0 Å². The number of hydrogen-bond acceptors (Lipinski definition) is 6. The van der Waals surface area contributed by atoms with Crippen LogP contribution in [0.2, 0.25) is 0 Å². The number of rotatable bonds is 4. The highest BCUT2D eigenvalue weighted by Gasteiger charge is 2.34. The molecular formula is C11H15F3N4O2S. The summed E-state index contributed by atoms with van der Waals surface area (Å²) in [6.07, 6.45) is -4.24. The number of nitrogens with zero attached hydrogens (tertiary/aromatic N) is 2. The van der Waals surface area contributed by atoms with Crippen LogP contribution in [0.25, 0.3) is 0 Å². The third-order valence-electron chi connectivity index (χ3n) is 2.94. The Bertz CT molecular complexity index is 618. The van der Waals surface area contributed by atoms with Crippen LogP contribution in [0.4, 0.5) is 24.9 Å². The summed E-state index contributed by atoms with van der Waals surface area (Å²) in [7, 11) is -3.12. The summed E-state index contributed by atoms with van der Waals surface area (Å²) in [6.45, 7) is 2.08. The first-order chi connectivity index (χ1) is 9.69. The van der Waals surface area contributed by atoms with Crippen molar-refractivity contribution in [1.29, 1.82) is 0 Å². The van der Waals surface area contributed by atoms with Crippen LogP contribution in [0, 0.1) is 0 Å². The average Bonchev–Trinajstić information content (AvgIpc) is 2.67. The summed E-state index contributed by atoms with van der Waals surface area (Å²) in [6, 6.07) is 0.353. The molecule has 0 amide bonds. The summed E-state index contributed by atoms with van der Waals surface area (Å²) >= 11 is 0. The number of hydrogen-bond donors (Lipinski definition) is 2. The van der Waals surface area contributed by atoms with Gasteiger partial charge in [-0.25, -0.2) is 13.4 Å². The molecule has 1 atom stereocenters. The predicted molar refractivity (Wildman–Crippen MR) is 71.9 cm³/mol. The SMILES string of the molecule is CCNc1nc(NC2CCS(=O)(=O)C2)cc(C(F)(F)F)n1. The lowest BCUT2D eigenvalue weighted by Gasteiger charge is -2.15. The summed E-state index contributed by atoms with van der Waals surface area (Å²) < 4.78 is 61.1. The fourth-order valence-corrected chi connectivity index (χ4v) is 3.69. The van der Waals surface area contributed by atoms with E-state index in [2.05, 4.69) is 20.6 Å². The molecule has 0 radical (unpaired) electrons. The number of sulfone groups is 1. The van der Waals surface area contributed by atoms with E-state index in [9.17, 15) is 21.6 Å². The highest BCUT2D eigenvalue weighted by molar-refractivity contribution is 7.91. The average molecular weight is 324 g/mol. The van der Waals surface area contributed by atoms with Crippen LogP contribution in [0.15, 0.2) is 6.07 Å². The first-order valence-electron chi connectivity index (χ1n) is 6.37. The predicted octanol–water partition coefficient (Wildman–Crippen LogP) is 1.53. The Kier molecular flexibility index (Phi) is 4.26. The molecule has 118 valence electrons. The highest BCUT2D eigenvalue weighted by Crippen LogP contribution is 2.30. The summed E-state index contributed by atoms with van der Waals surface area (Å²) in [5.41, 5.74) is -1.07. The molecule has 0 spiro atoms. The van der Waals surface area contributed by atoms with E-state index in [4.69, 9.17) is 0 Å². The Morgan fingerprint density at radius 1 is 1.38 bits per heavy atom. The molecule has 2 N–H and O–H groups in total. The lowest BCUT2D eigenvalue weighted by atomic mass is 10.2. The van der Waals surface area contributed by atoms with Gasteiger partial charge in [0.25, 0.3) is 0 Å². The lowest BCUT2D eigenvalue weighted by Crippen LogP contribution is -2.22. The first kappa shape index (κ1) is 15.8. The highest BCUT2D eigenvalue weighted by atomic mass is 32.2. The Labute approximate surface area is 120 Å². The van der Waals surface area contributed by atoms with Gasteiger partial charge >= 0.3 is 6.18 Å². The Morgan fingerprint density at radius 3 is 2.62 bits per heavy atom. The first-order valence-corrected chi connectivity index (χ1v) is 8.19. The van der Waals surface area contributed by atoms with Crippen LogP contribution in [0.3, 0.4) is 0 Å². The van der Waals surface area contributed by atoms with E-state index in [0.717, 1.165) is 6.07 Å². The molecule has 1 unspecified atom stereocenters. The minimum absolute atomic E-state index is 0.0297. The minimum Gasteiger partial charge on any atom is -0.366 e. The largest absolute Gasteiger partial charge is 0.433 e. The number of halogens is 3. The van der Waals surface area contributed by atoms with Crippen molar-refractivity contribution < 1.29 is 21.6 Å². The third kappa shape index (κ3) is 4.19. The summed E-state index contributed by atoms with van der Waals surface area (Å²) in [4.78, 5) is 7.31. The molecule has 1 saturated heterocycles. The number of aromatic nitrogens is 2. The second kappa shape index (κ2) is 5.66. The van der Waals surface area contributed by atoms with Crippen LogP contribution < -0.4 is 10.6 Å². The maximum atomic E-state index is 12.8. The molecule has 1 aromatic rings. The smallest absolute Gasteiger partial charge is 0.366 e. The van der Waals surface area contributed by atoms with Crippen molar-refractivity contribution >= 4 is 21.6 Å². The zero-order chi connectivity index (χ0) is 15.7. The monoisotopic (exact) mass is 324 g/mol. The molecule has 0 aromatic carbocycles. The van der Waals surface area contributed by atoms with E-state index in [1.54, 1.807) is 6.92 Å². The van der Waals surface area contributed by atoms with Gasteiger partial charge in [0.15, 0.2) is 15.5 Å². The molecule has 0 saturated carbocycles. The van der Waals surface area contributed by atoms with Gasteiger partial charge in [0.05, 0.1) is 11.5 Å². The Morgan fingerprint density at radius 2 is 2.10 bits per heavy atom. The molecule has 1 aromatic heterocycles. The van der Waals surface area contributed by atoms with Crippen LogP contribution in [-0.2, 0) is 16.0 Å². The van der Waals surface area contributed by atoms with Crippen molar-refractivity contribution in [2.45, 2.75) is 25.6 Å². The van der Waals surface area contributed by atoms with Crippen LogP contribution in [0.5, 0.6) is 0 Å². The molecule has 1 aliphatic rings. The van der Waals surface area contributed by atoms with E-state index < -0.39 is 27.7 Å². The molecule has 1 fully saturated rings. The fourth-order valence-electron chi connectivity index (χ4n) is 2.02. The molecular weight excluding hydrogens is 309 g/mol. The van der Waals surface area contributed by atoms with Crippen molar-refractivity contribution in [3.05, 3.63) is 11.8 Å². The third-order valence-corrected chi connectivity index (χ3v) is 4.70. The van der Waals surface area contributed by atoms with Gasteiger partial charge in [-0.05, 0) is 13.3 Å². The fraction of sp³-hybridized carbons (Fsp3) is 0.636. The van der Waals surface area contributed by atoms with E-state index in [-0.39, 0.29) is 23.3 Å². The molecule has 6 nitrogen and oxygen atoms in total. The van der Waals surface area contributed by atoms with Crippen molar-refractivity contribution in [2.24, 2.45) is 0 Å². The lowest BCUT2D eigenvalue weighted by molar-refractivity contribution is -0.141. The van der Waals surface area contributed by atoms with Crippen LogP contribution in [-0.4, -0.2) is 42.5 Å². The topological polar surface area (TPSA) is 84.0 Å². The molecule has 10 heteroatoms. The van der Waals surface area contributed by atoms with E-state index >= 15 is 0 Å². The zero-order valence-electron chi connectivity index (χ0n) is 11.2. The van der Waals surface area contributed by atoms with E-state index in [1.807, 2.05) is 0 Å². The molecule has 2 heterocycles. The number of alkyl halides is 3. The summed E-state index contributed by atoms with van der Waals surface area (Å²) in [5, 5.41) is 5.36. The van der Waals surface area contributed by atoms with Gasteiger partial charge in [-0.15, -0.1) is 0 Å². The molecule has 1 aliphatic heterocycles. The van der Waals surface area contributed by atoms with Gasteiger partial charge in [-0.2, -0.15) is 18.2 Å². The van der Waals surface area contributed by atoms with Crippen molar-refractivity contribution in [2.75, 3.05) is 28.7 Å². The van der Waals surface area contributed by atoms with Gasteiger partial charge in [0, 0.05) is 18.7 Å². The van der Waals surface area contributed by atoms with E-state index in [1.165, 1.54) is 0 Å². The maximum absolute atomic E-state index is 12.8. The van der Waals surface area contributed by atoms with Crippen molar-refractivity contribution in [3.8, 4) is 0 Å². The van der Waals surface area contributed by atoms with Crippen molar-refractivity contribution in [3.63, 3.8) is 0 Å². The van der Waals surface area contributed by atoms with Gasteiger partial charge in [-0.3, -0.25) is 0 Å². The Balaban J connectivity index is 2.24. The second-order valence-electron chi connectivity index (χ2n) is 4.73. The number of nitrogens with one attached hydrogen (secondary N) is 2. The van der Waals surface area contributed by atoms with Gasteiger partial charge < -0.3 is 10.6 Å². The van der Waals surface area contributed by atoms with Crippen LogP contribution in [0.1, 0.15) is 19.0 Å². The molecule has 2 rings (SSSR count). The second-order valence-corrected chi connectivity index (χ2v) is 6.96. The quantitative estimate of drug-likeness (QED) is 0.874.